The van der Waals surface area contributed by atoms with Crippen molar-refractivity contribution in [2.75, 3.05) is 20.2 Å². The Bertz CT molecular complexity index is 806. The fourth-order valence-corrected chi connectivity index (χ4v) is 3.96. The number of rotatable bonds is 1. The Balaban J connectivity index is 0.000000948. The third kappa shape index (κ3) is 3.79. The van der Waals surface area contributed by atoms with Crippen molar-refractivity contribution in [3.05, 3.63) is 63.4 Å². The van der Waals surface area contributed by atoms with Gasteiger partial charge in [0.1, 0.15) is 5.75 Å². The maximum absolute atomic E-state index is 6.26. The van der Waals surface area contributed by atoms with E-state index in [1.807, 2.05) is 26.1 Å². The minimum absolute atomic E-state index is 0.805. The minimum Gasteiger partial charge on any atom is -0.495 e. The van der Waals surface area contributed by atoms with E-state index in [0.29, 0.717) is 0 Å². The van der Waals surface area contributed by atoms with Crippen LogP contribution in [0.2, 0.25) is 5.02 Å². The van der Waals surface area contributed by atoms with E-state index in [9.17, 15) is 0 Å². The fraction of sp³-hybridized carbons (Fsp3) is 0.409. The Morgan fingerprint density at radius 3 is 2.46 bits per heavy atom. The Labute approximate surface area is 161 Å². The number of nitrogens with one attached hydrogen (secondary N) is 1. The van der Waals surface area contributed by atoms with Crippen molar-refractivity contribution < 1.29 is 4.74 Å². The zero-order chi connectivity index (χ0) is 18.5. The molecule has 0 amide bonds. The Morgan fingerprint density at radius 2 is 1.73 bits per heavy atom. The summed E-state index contributed by atoms with van der Waals surface area (Å²) in [5.74, 6) is 0.826. The van der Waals surface area contributed by atoms with E-state index in [2.05, 4.69) is 23.5 Å². The van der Waals surface area contributed by atoms with Crippen LogP contribution >= 0.6 is 11.6 Å². The summed E-state index contributed by atoms with van der Waals surface area (Å²) in [7, 11) is 1.70. The molecule has 1 N–H and O–H groups in total. The number of methoxy groups -OCH3 is 1. The van der Waals surface area contributed by atoms with Gasteiger partial charge >= 0.3 is 0 Å². The van der Waals surface area contributed by atoms with Gasteiger partial charge in [0.05, 0.1) is 19.0 Å². The molecule has 0 spiro atoms. The summed E-state index contributed by atoms with van der Waals surface area (Å²) >= 11 is 6.26. The number of piperidine rings is 1. The average molecular weight is 371 g/mol. The standard InChI is InChI=1S/C20H21ClN2O.C2H6/c1-24-17-11-15-3-2-14-10-16(21)4-5-18(14)19(20(15)23-12-17)13-6-8-22-9-7-13;1-2/h4-5,10-12,22H,2-3,6-9H2,1H3;1-2H3. The van der Waals surface area contributed by atoms with Crippen LogP contribution in [0.5, 0.6) is 5.75 Å². The molecule has 1 aromatic heterocycles. The molecule has 4 rings (SSSR count). The second kappa shape index (κ2) is 8.70. The first-order chi connectivity index (χ1) is 12.8. The molecule has 0 bridgehead atoms. The van der Waals surface area contributed by atoms with Crippen LogP contribution in [0.15, 0.2) is 36.0 Å². The van der Waals surface area contributed by atoms with Crippen LogP contribution in [0.4, 0.5) is 0 Å². The van der Waals surface area contributed by atoms with Gasteiger partial charge in [0, 0.05) is 10.6 Å². The van der Waals surface area contributed by atoms with Gasteiger partial charge in [-0.15, -0.1) is 0 Å². The summed E-state index contributed by atoms with van der Waals surface area (Å²) in [6.07, 6.45) is 5.92. The van der Waals surface area contributed by atoms with Crippen molar-refractivity contribution in [1.82, 2.24) is 10.3 Å². The van der Waals surface area contributed by atoms with Crippen molar-refractivity contribution in [2.24, 2.45) is 0 Å². The van der Waals surface area contributed by atoms with Gasteiger partial charge in [-0.1, -0.05) is 37.1 Å². The molecule has 1 aliphatic carbocycles. The van der Waals surface area contributed by atoms with Gasteiger partial charge in [0.15, 0.2) is 0 Å². The summed E-state index contributed by atoms with van der Waals surface area (Å²) in [5.41, 5.74) is 7.82. The number of pyridine rings is 1. The maximum Gasteiger partial charge on any atom is 0.137 e. The number of ether oxygens (including phenoxy) is 1. The van der Waals surface area contributed by atoms with E-state index in [4.69, 9.17) is 21.3 Å². The second-order valence-electron chi connectivity index (χ2n) is 6.41. The smallest absolute Gasteiger partial charge is 0.137 e. The number of fused-ring (bicyclic) bond motifs is 2. The molecule has 3 nitrogen and oxygen atoms in total. The molecule has 2 aromatic rings. The van der Waals surface area contributed by atoms with Crippen LogP contribution < -0.4 is 10.1 Å². The molecule has 1 fully saturated rings. The fourth-order valence-electron chi connectivity index (χ4n) is 3.76. The number of aromatic nitrogens is 1. The van der Waals surface area contributed by atoms with Crippen LogP contribution in [0, 0.1) is 0 Å². The third-order valence-corrected chi connectivity index (χ3v) is 5.21. The highest BCUT2D eigenvalue weighted by atomic mass is 35.5. The molecule has 138 valence electrons. The summed E-state index contributed by atoms with van der Waals surface area (Å²) in [6, 6.07) is 8.42. The molecule has 0 unspecified atom stereocenters. The number of halogens is 1. The predicted octanol–water partition coefficient (Wildman–Crippen LogP) is 5.05. The largest absolute Gasteiger partial charge is 0.495 e. The lowest BCUT2D eigenvalue weighted by atomic mass is 9.89. The lowest BCUT2D eigenvalue weighted by molar-refractivity contribution is 0.412. The first-order valence-corrected chi connectivity index (χ1v) is 9.89. The molecule has 26 heavy (non-hydrogen) atoms. The van der Waals surface area contributed by atoms with Crippen LogP contribution in [-0.4, -0.2) is 25.2 Å². The highest BCUT2D eigenvalue weighted by Crippen LogP contribution is 2.38. The van der Waals surface area contributed by atoms with Gasteiger partial charge in [-0.3, -0.25) is 4.98 Å². The van der Waals surface area contributed by atoms with Crippen LogP contribution in [0.25, 0.3) is 5.57 Å². The van der Waals surface area contributed by atoms with Gasteiger partial charge in [-0.2, -0.15) is 0 Å². The minimum atomic E-state index is 0.805. The van der Waals surface area contributed by atoms with E-state index in [1.165, 1.54) is 27.8 Å². The van der Waals surface area contributed by atoms with Crippen molar-refractivity contribution in [2.45, 2.75) is 39.5 Å². The van der Waals surface area contributed by atoms with E-state index < -0.39 is 0 Å². The molecule has 0 saturated carbocycles. The number of aryl methyl sites for hydroxylation is 2. The monoisotopic (exact) mass is 370 g/mol. The second-order valence-corrected chi connectivity index (χ2v) is 6.85. The third-order valence-electron chi connectivity index (χ3n) is 4.98. The molecule has 1 aromatic carbocycles. The number of benzene rings is 1. The Kier molecular flexibility index (Phi) is 6.33. The summed E-state index contributed by atoms with van der Waals surface area (Å²) in [6.45, 7) is 6.07. The van der Waals surface area contributed by atoms with Gasteiger partial charge in [0.2, 0.25) is 0 Å². The van der Waals surface area contributed by atoms with Crippen LogP contribution in [0.3, 0.4) is 0 Å². The number of nitrogens with zero attached hydrogens (tertiary/aromatic N) is 1. The van der Waals surface area contributed by atoms with Gasteiger partial charge < -0.3 is 10.1 Å². The highest BCUT2D eigenvalue weighted by molar-refractivity contribution is 6.30. The molecular formula is C22H27ClN2O. The first-order valence-electron chi connectivity index (χ1n) is 9.51. The van der Waals surface area contributed by atoms with Crippen molar-refractivity contribution in [3.63, 3.8) is 0 Å². The lowest BCUT2D eigenvalue weighted by Gasteiger charge is -2.22. The van der Waals surface area contributed by atoms with E-state index in [1.54, 1.807) is 7.11 Å². The lowest BCUT2D eigenvalue weighted by Crippen LogP contribution is -2.24. The summed E-state index contributed by atoms with van der Waals surface area (Å²) < 4.78 is 5.39. The van der Waals surface area contributed by atoms with Gasteiger partial charge in [-0.25, -0.2) is 0 Å². The maximum atomic E-state index is 6.26. The zero-order valence-electron chi connectivity index (χ0n) is 15.9. The van der Waals surface area contributed by atoms with Gasteiger partial charge in [0.25, 0.3) is 0 Å². The van der Waals surface area contributed by atoms with Crippen molar-refractivity contribution >= 4 is 17.2 Å². The molecule has 2 heterocycles. The first kappa shape index (κ1) is 18.9. The highest BCUT2D eigenvalue weighted by Gasteiger charge is 2.24. The molecule has 1 aliphatic heterocycles. The summed E-state index contributed by atoms with van der Waals surface area (Å²) in [4.78, 5) is 4.79. The number of hydrogen-bond donors (Lipinski definition) is 1. The molecule has 4 heteroatoms. The molecule has 0 atom stereocenters. The van der Waals surface area contributed by atoms with E-state index in [-0.39, 0.29) is 0 Å². The Morgan fingerprint density at radius 1 is 1.00 bits per heavy atom. The average Bonchev–Trinajstić information content (AvgIpc) is 2.86. The quantitative estimate of drug-likeness (QED) is 0.762. The zero-order valence-corrected chi connectivity index (χ0v) is 16.6. The Hall–Kier alpha value is -1.84. The molecule has 1 saturated heterocycles. The normalized spacial score (nSPS) is 16.0. The van der Waals surface area contributed by atoms with Crippen molar-refractivity contribution in [3.8, 4) is 5.75 Å². The van der Waals surface area contributed by atoms with E-state index in [0.717, 1.165) is 55.2 Å². The van der Waals surface area contributed by atoms with Crippen molar-refractivity contribution in [1.29, 1.82) is 0 Å². The van der Waals surface area contributed by atoms with Crippen LogP contribution in [0.1, 0.15) is 49.1 Å². The SMILES string of the molecule is CC.COc1cnc2c(c1)CCc1cc(Cl)ccc1C2=C1CCNCC1. The summed E-state index contributed by atoms with van der Waals surface area (Å²) in [5, 5.41) is 4.25. The topological polar surface area (TPSA) is 34.1 Å². The predicted molar refractivity (Wildman–Crippen MR) is 109 cm³/mol. The molecular weight excluding hydrogens is 344 g/mol. The van der Waals surface area contributed by atoms with Gasteiger partial charge in [-0.05, 0) is 73.7 Å². The molecule has 2 aliphatic rings. The molecule has 0 radical (unpaired) electrons. The van der Waals surface area contributed by atoms with Crippen LogP contribution in [-0.2, 0) is 12.8 Å². The van der Waals surface area contributed by atoms with E-state index >= 15 is 0 Å². The number of hydrogen-bond acceptors (Lipinski definition) is 3.